The van der Waals surface area contributed by atoms with Gasteiger partial charge in [-0.1, -0.05) is 12.1 Å². The van der Waals surface area contributed by atoms with E-state index in [0.29, 0.717) is 0 Å². The maximum absolute atomic E-state index is 5.55. The second-order valence-corrected chi connectivity index (χ2v) is 5.22. The summed E-state index contributed by atoms with van der Waals surface area (Å²) in [6.45, 7) is 2.05. The van der Waals surface area contributed by atoms with Crippen LogP contribution in [0.5, 0.6) is 0 Å². The highest BCUT2D eigenvalue weighted by atomic mass is 127. The third-order valence-corrected chi connectivity index (χ3v) is 3.37. The van der Waals surface area contributed by atoms with E-state index >= 15 is 0 Å². The predicted molar refractivity (Wildman–Crippen MR) is 75.1 cm³/mol. The quantitative estimate of drug-likeness (QED) is 0.476. The van der Waals surface area contributed by atoms with Gasteiger partial charge in [-0.05, 0) is 60.1 Å². The zero-order valence-electron chi connectivity index (χ0n) is 9.74. The first kappa shape index (κ1) is 13.9. The van der Waals surface area contributed by atoms with Crippen molar-refractivity contribution < 1.29 is 4.74 Å². The molecule has 0 aliphatic rings. The number of hydrogen-bond donors (Lipinski definition) is 2. The Morgan fingerprint density at radius 1 is 1.38 bits per heavy atom. The second kappa shape index (κ2) is 7.21. The highest BCUT2D eigenvalue weighted by Gasteiger charge is 2.11. The van der Waals surface area contributed by atoms with Gasteiger partial charge in [-0.15, -0.1) is 0 Å². The van der Waals surface area contributed by atoms with E-state index < -0.39 is 0 Å². The number of hydrogen-bond acceptors (Lipinski definition) is 3. The Balaban J connectivity index is 2.52. The van der Waals surface area contributed by atoms with Crippen molar-refractivity contribution in [2.24, 2.45) is 5.84 Å². The lowest BCUT2D eigenvalue weighted by Crippen LogP contribution is -2.39. The van der Waals surface area contributed by atoms with Gasteiger partial charge >= 0.3 is 0 Å². The fraction of sp³-hybridized carbons (Fsp3) is 0.500. The van der Waals surface area contributed by atoms with Gasteiger partial charge in [0, 0.05) is 16.7 Å². The summed E-state index contributed by atoms with van der Waals surface area (Å²) in [5, 5.41) is 0. The van der Waals surface area contributed by atoms with Gasteiger partial charge in [-0.25, -0.2) is 0 Å². The van der Waals surface area contributed by atoms with E-state index in [9.17, 15) is 0 Å². The molecule has 1 aromatic carbocycles. The van der Waals surface area contributed by atoms with Gasteiger partial charge in [-0.2, -0.15) is 0 Å². The summed E-state index contributed by atoms with van der Waals surface area (Å²) >= 11 is 2.31. The van der Waals surface area contributed by atoms with Crippen molar-refractivity contribution >= 4 is 22.6 Å². The smallest absolute Gasteiger partial charge is 0.0558 e. The van der Waals surface area contributed by atoms with Crippen molar-refractivity contribution in [3.8, 4) is 0 Å². The molecule has 2 atom stereocenters. The Bertz CT molecular complexity index is 302. The van der Waals surface area contributed by atoms with Gasteiger partial charge < -0.3 is 4.74 Å². The van der Waals surface area contributed by atoms with Crippen LogP contribution in [0.3, 0.4) is 0 Å². The van der Waals surface area contributed by atoms with Crippen molar-refractivity contribution in [2.75, 3.05) is 7.11 Å². The Morgan fingerprint density at radius 3 is 2.50 bits per heavy atom. The van der Waals surface area contributed by atoms with Crippen molar-refractivity contribution in [1.82, 2.24) is 5.43 Å². The molecule has 3 nitrogen and oxygen atoms in total. The molecule has 1 rings (SSSR count). The molecule has 0 saturated heterocycles. The molecule has 3 N–H and O–H groups in total. The maximum atomic E-state index is 5.55. The first-order valence-corrected chi connectivity index (χ1v) is 6.47. The zero-order valence-corrected chi connectivity index (χ0v) is 11.9. The minimum atomic E-state index is 0.227. The number of methoxy groups -OCH3 is 1. The Hall–Kier alpha value is -0.170. The van der Waals surface area contributed by atoms with Gasteiger partial charge in [-0.3, -0.25) is 11.3 Å². The summed E-state index contributed by atoms with van der Waals surface area (Å²) < 4.78 is 6.50. The second-order valence-electron chi connectivity index (χ2n) is 3.98. The molecule has 0 fully saturated rings. The number of nitrogens with two attached hydrogens (primary N) is 1. The summed E-state index contributed by atoms with van der Waals surface area (Å²) in [7, 11) is 1.73. The molecule has 0 saturated carbocycles. The predicted octanol–water partition coefficient (Wildman–Crippen LogP) is 2.09. The number of rotatable bonds is 6. The maximum Gasteiger partial charge on any atom is 0.0558 e. The minimum absolute atomic E-state index is 0.227. The number of ether oxygens (including phenoxy) is 1. The molecule has 1 aromatic rings. The molecular weight excluding hydrogens is 315 g/mol. The largest absolute Gasteiger partial charge is 0.382 e. The molecule has 16 heavy (non-hydrogen) atoms. The molecule has 0 aliphatic heterocycles. The van der Waals surface area contributed by atoms with Crippen LogP contribution in [-0.2, 0) is 11.2 Å². The SMILES string of the molecule is COC(C)CC(Cc1ccc(I)cc1)NN. The molecule has 0 bridgehead atoms. The zero-order chi connectivity index (χ0) is 12.0. The van der Waals surface area contributed by atoms with E-state index in [2.05, 4.69) is 59.2 Å². The lowest BCUT2D eigenvalue weighted by Gasteiger charge is -2.19. The number of hydrazine groups is 1. The van der Waals surface area contributed by atoms with Crippen molar-refractivity contribution in [3.05, 3.63) is 33.4 Å². The molecule has 4 heteroatoms. The molecule has 0 aliphatic carbocycles. The monoisotopic (exact) mass is 334 g/mol. The van der Waals surface area contributed by atoms with Crippen LogP contribution in [0.25, 0.3) is 0 Å². The van der Waals surface area contributed by atoms with E-state index in [1.807, 2.05) is 0 Å². The van der Waals surface area contributed by atoms with Gasteiger partial charge in [0.15, 0.2) is 0 Å². The van der Waals surface area contributed by atoms with Crippen molar-refractivity contribution in [1.29, 1.82) is 0 Å². The van der Waals surface area contributed by atoms with E-state index in [4.69, 9.17) is 10.6 Å². The molecule has 0 aromatic heterocycles. The van der Waals surface area contributed by atoms with Gasteiger partial charge in [0.05, 0.1) is 6.10 Å². The molecule has 0 amide bonds. The normalized spacial score (nSPS) is 14.8. The van der Waals surface area contributed by atoms with Crippen LogP contribution >= 0.6 is 22.6 Å². The molecule has 90 valence electrons. The van der Waals surface area contributed by atoms with Crippen molar-refractivity contribution in [2.45, 2.75) is 31.9 Å². The third-order valence-electron chi connectivity index (χ3n) is 2.65. The van der Waals surface area contributed by atoms with Crippen LogP contribution in [-0.4, -0.2) is 19.3 Å². The Labute approximate surface area is 111 Å². The molecule has 2 unspecified atom stereocenters. The van der Waals surface area contributed by atoms with Crippen LogP contribution in [0.4, 0.5) is 0 Å². The molecule has 0 radical (unpaired) electrons. The fourth-order valence-corrected chi connectivity index (χ4v) is 1.97. The molecule has 0 heterocycles. The summed E-state index contributed by atoms with van der Waals surface area (Å²) in [5.41, 5.74) is 4.15. The third kappa shape index (κ3) is 4.78. The number of halogens is 1. The van der Waals surface area contributed by atoms with Gasteiger partial charge in [0.25, 0.3) is 0 Å². The standard InChI is InChI=1S/C12H19IN2O/c1-9(16-2)7-12(15-14)8-10-3-5-11(13)6-4-10/h3-6,9,12,15H,7-8,14H2,1-2H3. The fourth-order valence-electron chi connectivity index (χ4n) is 1.61. The van der Waals surface area contributed by atoms with E-state index in [-0.39, 0.29) is 12.1 Å². The van der Waals surface area contributed by atoms with Crippen LogP contribution < -0.4 is 11.3 Å². The van der Waals surface area contributed by atoms with Crippen LogP contribution in [0.1, 0.15) is 18.9 Å². The number of benzene rings is 1. The minimum Gasteiger partial charge on any atom is -0.382 e. The summed E-state index contributed by atoms with van der Waals surface area (Å²) in [6.07, 6.45) is 2.07. The topological polar surface area (TPSA) is 47.3 Å². The number of nitrogens with one attached hydrogen (secondary N) is 1. The molecule has 0 spiro atoms. The first-order chi connectivity index (χ1) is 7.65. The lowest BCUT2D eigenvalue weighted by atomic mass is 10.0. The van der Waals surface area contributed by atoms with E-state index in [1.54, 1.807) is 7.11 Å². The average molecular weight is 334 g/mol. The summed E-state index contributed by atoms with van der Waals surface area (Å²) in [5.74, 6) is 5.55. The van der Waals surface area contributed by atoms with E-state index in [0.717, 1.165) is 12.8 Å². The highest BCUT2D eigenvalue weighted by molar-refractivity contribution is 14.1. The summed E-state index contributed by atoms with van der Waals surface area (Å²) in [4.78, 5) is 0. The van der Waals surface area contributed by atoms with Crippen LogP contribution in [0, 0.1) is 3.57 Å². The van der Waals surface area contributed by atoms with E-state index in [1.165, 1.54) is 9.13 Å². The first-order valence-electron chi connectivity index (χ1n) is 5.39. The van der Waals surface area contributed by atoms with Crippen LogP contribution in [0.15, 0.2) is 24.3 Å². The van der Waals surface area contributed by atoms with Crippen LogP contribution in [0.2, 0.25) is 0 Å². The van der Waals surface area contributed by atoms with Gasteiger partial charge in [0.2, 0.25) is 0 Å². The summed E-state index contributed by atoms with van der Waals surface area (Å²) in [6, 6.07) is 8.77. The average Bonchev–Trinajstić information content (AvgIpc) is 2.30. The molecular formula is C12H19IN2O. The van der Waals surface area contributed by atoms with Crippen molar-refractivity contribution in [3.63, 3.8) is 0 Å². The lowest BCUT2D eigenvalue weighted by molar-refractivity contribution is 0.100. The Kier molecular flexibility index (Phi) is 6.26. The Morgan fingerprint density at radius 2 is 2.00 bits per heavy atom. The highest BCUT2D eigenvalue weighted by Crippen LogP contribution is 2.11. The van der Waals surface area contributed by atoms with Gasteiger partial charge in [0.1, 0.15) is 0 Å².